The van der Waals surface area contributed by atoms with Crippen molar-refractivity contribution in [2.45, 2.75) is 25.4 Å². The predicted octanol–water partition coefficient (Wildman–Crippen LogP) is 3.05. The highest BCUT2D eigenvalue weighted by Gasteiger charge is 2.24. The number of hydrogen-bond acceptors (Lipinski definition) is 3. The van der Waals surface area contributed by atoms with Crippen LogP contribution in [-0.2, 0) is 6.54 Å². The fourth-order valence-electron chi connectivity index (χ4n) is 3.80. The van der Waals surface area contributed by atoms with E-state index < -0.39 is 0 Å². The molecule has 2 N–H and O–H groups in total. The van der Waals surface area contributed by atoms with Crippen LogP contribution < -0.4 is 15.7 Å². The fourth-order valence-corrected chi connectivity index (χ4v) is 4.05. The number of hydrogen-bond donors (Lipinski definition) is 2. The third-order valence-electron chi connectivity index (χ3n) is 5.34. The van der Waals surface area contributed by atoms with Crippen LogP contribution in [0.5, 0.6) is 5.75 Å². The number of ether oxygens (including phenoxy) is 1. The Balaban J connectivity index is 1.35. The van der Waals surface area contributed by atoms with Crippen molar-refractivity contribution in [3.63, 3.8) is 0 Å². The van der Waals surface area contributed by atoms with Crippen LogP contribution in [0.2, 0.25) is 0 Å². The largest absolute Gasteiger partial charge is 0.497 e. The molecule has 4 rings (SSSR count). The monoisotopic (exact) mass is 396 g/mol. The summed E-state index contributed by atoms with van der Waals surface area (Å²) in [5.41, 5.74) is 3.00. The number of nitrogens with one attached hydrogen (secondary N) is 2. The average molecular weight is 397 g/mol. The molecule has 0 amide bonds. The molecule has 0 saturated carbocycles. The molecule has 1 fully saturated rings. The van der Waals surface area contributed by atoms with Gasteiger partial charge in [-0.05, 0) is 54.9 Å². The molecule has 1 aliphatic rings. The van der Waals surface area contributed by atoms with E-state index in [0.717, 1.165) is 53.4 Å². The van der Waals surface area contributed by atoms with Gasteiger partial charge >= 0.3 is 5.69 Å². The van der Waals surface area contributed by atoms with E-state index in [-0.39, 0.29) is 11.7 Å². The summed E-state index contributed by atoms with van der Waals surface area (Å²) < 4.78 is 7.09. The minimum Gasteiger partial charge on any atom is -0.497 e. The number of H-pyrrole nitrogens is 1. The molecular weight excluding hydrogens is 372 g/mol. The van der Waals surface area contributed by atoms with Crippen molar-refractivity contribution in [2.75, 3.05) is 20.2 Å². The normalized spacial score (nSPS) is 15.0. The summed E-state index contributed by atoms with van der Waals surface area (Å²) in [5.74, 6) is 0.848. The van der Waals surface area contributed by atoms with Gasteiger partial charge in [0.05, 0.1) is 18.1 Å². The zero-order chi connectivity index (χ0) is 19.5. The minimum absolute atomic E-state index is 0.0279. The van der Waals surface area contributed by atoms with Gasteiger partial charge < -0.3 is 19.9 Å². The second-order valence-corrected chi connectivity index (χ2v) is 7.43. The van der Waals surface area contributed by atoms with E-state index in [1.807, 2.05) is 53.1 Å². The Bertz CT molecular complexity index is 1020. The number of likely N-dealkylation sites (tertiary alicyclic amines) is 1. The third kappa shape index (κ3) is 3.75. The van der Waals surface area contributed by atoms with E-state index in [0.29, 0.717) is 6.54 Å². The Morgan fingerprint density at radius 3 is 2.61 bits per heavy atom. The first-order chi connectivity index (χ1) is 13.7. The second-order valence-electron chi connectivity index (χ2n) is 7.04. The van der Waals surface area contributed by atoms with Crippen LogP contribution >= 0.6 is 12.2 Å². The summed E-state index contributed by atoms with van der Waals surface area (Å²) in [6.45, 7) is 2.36. The lowest BCUT2D eigenvalue weighted by molar-refractivity contribution is 0.264. The molecule has 6 nitrogen and oxygen atoms in total. The zero-order valence-electron chi connectivity index (χ0n) is 15.9. The van der Waals surface area contributed by atoms with Gasteiger partial charge in [-0.15, -0.1) is 0 Å². The van der Waals surface area contributed by atoms with Crippen molar-refractivity contribution < 1.29 is 4.74 Å². The summed E-state index contributed by atoms with van der Waals surface area (Å²) in [6.07, 6.45) is 1.79. The number of rotatable bonds is 4. The number of benzene rings is 2. The third-order valence-corrected chi connectivity index (χ3v) is 5.75. The number of methoxy groups -OCH3 is 1. The molecule has 0 radical (unpaired) electrons. The van der Waals surface area contributed by atoms with Gasteiger partial charge in [0.2, 0.25) is 0 Å². The number of para-hydroxylation sites is 2. The lowest BCUT2D eigenvalue weighted by Gasteiger charge is -2.34. The molecular formula is C21H24N4O2S. The van der Waals surface area contributed by atoms with E-state index >= 15 is 0 Å². The Hall–Kier alpha value is -2.80. The van der Waals surface area contributed by atoms with Crippen LogP contribution in [0.3, 0.4) is 0 Å². The van der Waals surface area contributed by atoms with Crippen molar-refractivity contribution in [1.82, 2.24) is 19.8 Å². The first-order valence-corrected chi connectivity index (χ1v) is 9.91. The van der Waals surface area contributed by atoms with Gasteiger partial charge in [-0.25, -0.2) is 4.79 Å². The second kappa shape index (κ2) is 8.06. The summed E-state index contributed by atoms with van der Waals surface area (Å²) in [7, 11) is 1.66. The van der Waals surface area contributed by atoms with E-state index in [9.17, 15) is 4.79 Å². The molecule has 1 saturated heterocycles. The Morgan fingerprint density at radius 2 is 1.89 bits per heavy atom. The van der Waals surface area contributed by atoms with Crippen LogP contribution in [-0.4, -0.2) is 39.8 Å². The summed E-state index contributed by atoms with van der Waals surface area (Å²) in [5, 5.41) is 4.10. The molecule has 146 valence electrons. The molecule has 0 unspecified atom stereocenters. The van der Waals surface area contributed by atoms with Crippen molar-refractivity contribution in [3.05, 3.63) is 64.6 Å². The molecule has 7 heteroatoms. The quantitative estimate of drug-likeness (QED) is 0.664. The van der Waals surface area contributed by atoms with Gasteiger partial charge in [-0.3, -0.25) is 4.57 Å². The van der Waals surface area contributed by atoms with Gasteiger partial charge in [0, 0.05) is 25.7 Å². The van der Waals surface area contributed by atoms with E-state index in [2.05, 4.69) is 15.2 Å². The molecule has 3 aromatic rings. The lowest BCUT2D eigenvalue weighted by Crippen LogP contribution is -2.45. The maximum atomic E-state index is 12.4. The van der Waals surface area contributed by atoms with Crippen molar-refractivity contribution >= 4 is 28.4 Å². The molecule has 0 aliphatic carbocycles. The Kier molecular flexibility index (Phi) is 5.34. The highest BCUT2D eigenvalue weighted by molar-refractivity contribution is 7.80. The van der Waals surface area contributed by atoms with Crippen molar-refractivity contribution in [2.24, 2.45) is 0 Å². The SMILES string of the molecule is COc1ccc(CNC(=S)N2CCC(n3c(=O)[nH]c4ccccc43)CC2)cc1. The van der Waals surface area contributed by atoms with Crippen LogP contribution in [0.25, 0.3) is 11.0 Å². The summed E-state index contributed by atoms with van der Waals surface area (Å²) in [6, 6.07) is 16.0. The molecule has 1 aromatic heterocycles. The Morgan fingerprint density at radius 1 is 1.18 bits per heavy atom. The standard InChI is InChI=1S/C21H24N4O2S/c1-27-17-8-6-15(7-9-17)14-22-21(28)24-12-10-16(11-13-24)25-19-5-3-2-4-18(19)23-20(25)26/h2-9,16H,10-14H2,1H3,(H,22,28)(H,23,26). The number of thiocarbonyl (C=S) groups is 1. The van der Waals surface area contributed by atoms with Crippen molar-refractivity contribution in [3.8, 4) is 5.75 Å². The molecule has 0 bridgehead atoms. The van der Waals surface area contributed by atoms with Gasteiger partial charge in [0.1, 0.15) is 5.75 Å². The average Bonchev–Trinajstić information content (AvgIpc) is 3.08. The van der Waals surface area contributed by atoms with Crippen LogP contribution in [0.4, 0.5) is 0 Å². The van der Waals surface area contributed by atoms with Gasteiger partial charge in [-0.2, -0.15) is 0 Å². The maximum Gasteiger partial charge on any atom is 0.326 e. The van der Waals surface area contributed by atoms with Gasteiger partial charge in [0.25, 0.3) is 0 Å². The van der Waals surface area contributed by atoms with Crippen LogP contribution in [0, 0.1) is 0 Å². The highest BCUT2D eigenvalue weighted by atomic mass is 32.1. The summed E-state index contributed by atoms with van der Waals surface area (Å²) >= 11 is 5.58. The van der Waals surface area contributed by atoms with Gasteiger partial charge in [-0.1, -0.05) is 24.3 Å². The van der Waals surface area contributed by atoms with E-state index in [1.165, 1.54) is 0 Å². The number of aromatic nitrogens is 2. The highest BCUT2D eigenvalue weighted by Crippen LogP contribution is 2.24. The number of piperidine rings is 1. The first kappa shape index (κ1) is 18.6. The zero-order valence-corrected chi connectivity index (χ0v) is 16.7. The number of aromatic amines is 1. The lowest BCUT2D eigenvalue weighted by atomic mass is 10.0. The smallest absolute Gasteiger partial charge is 0.326 e. The van der Waals surface area contributed by atoms with Crippen LogP contribution in [0.15, 0.2) is 53.3 Å². The molecule has 2 heterocycles. The number of fused-ring (bicyclic) bond motifs is 1. The fraction of sp³-hybridized carbons (Fsp3) is 0.333. The summed E-state index contributed by atoms with van der Waals surface area (Å²) in [4.78, 5) is 17.5. The number of nitrogens with zero attached hydrogens (tertiary/aromatic N) is 2. The first-order valence-electron chi connectivity index (χ1n) is 9.50. The molecule has 0 spiro atoms. The Labute approximate surface area is 169 Å². The topological polar surface area (TPSA) is 62.3 Å². The predicted molar refractivity (Wildman–Crippen MR) is 115 cm³/mol. The molecule has 0 atom stereocenters. The minimum atomic E-state index is -0.0279. The maximum absolute atomic E-state index is 12.4. The van der Waals surface area contributed by atoms with Gasteiger partial charge in [0.15, 0.2) is 5.11 Å². The molecule has 1 aliphatic heterocycles. The van der Waals surface area contributed by atoms with E-state index in [1.54, 1.807) is 7.11 Å². The van der Waals surface area contributed by atoms with Crippen LogP contribution in [0.1, 0.15) is 24.4 Å². The molecule has 2 aromatic carbocycles. The van der Waals surface area contributed by atoms with E-state index in [4.69, 9.17) is 17.0 Å². The van der Waals surface area contributed by atoms with Crippen molar-refractivity contribution in [1.29, 1.82) is 0 Å². The number of imidazole rings is 1. The molecule has 28 heavy (non-hydrogen) atoms.